The van der Waals surface area contributed by atoms with Gasteiger partial charge in [0.15, 0.2) is 11.9 Å². The van der Waals surface area contributed by atoms with Crippen LogP contribution in [0.5, 0.6) is 0 Å². The minimum atomic E-state index is -1.02. The molecule has 6 nitrogen and oxygen atoms in total. The van der Waals surface area contributed by atoms with Gasteiger partial charge in [-0.25, -0.2) is 4.79 Å². The lowest BCUT2D eigenvalue weighted by Crippen LogP contribution is -2.30. The molecule has 1 unspecified atom stereocenters. The Bertz CT molecular complexity index is 1040. The third kappa shape index (κ3) is 3.74. The van der Waals surface area contributed by atoms with Crippen LogP contribution >= 0.6 is 0 Å². The van der Waals surface area contributed by atoms with Gasteiger partial charge in [0.1, 0.15) is 0 Å². The van der Waals surface area contributed by atoms with E-state index in [1.165, 1.54) is 13.8 Å². The number of benzene rings is 2. The Balaban J connectivity index is 1.76. The topological polar surface area (TPSA) is 88.3 Å². The van der Waals surface area contributed by atoms with Crippen LogP contribution in [0.15, 0.2) is 48.5 Å². The first-order valence-corrected chi connectivity index (χ1v) is 8.57. The van der Waals surface area contributed by atoms with Crippen molar-refractivity contribution in [2.45, 2.75) is 26.9 Å². The number of aromatic amines is 1. The first-order valence-electron chi connectivity index (χ1n) is 8.57. The van der Waals surface area contributed by atoms with E-state index in [2.05, 4.69) is 10.3 Å². The molecule has 0 saturated carbocycles. The number of H-pyrrole nitrogens is 1. The van der Waals surface area contributed by atoms with Crippen LogP contribution in [0, 0.1) is 6.92 Å². The van der Waals surface area contributed by atoms with E-state index in [4.69, 9.17) is 4.74 Å². The largest absolute Gasteiger partial charge is 0.449 e. The number of para-hydroxylation sites is 2. The summed E-state index contributed by atoms with van der Waals surface area (Å²) >= 11 is 0. The quantitative estimate of drug-likeness (QED) is 0.531. The molecular weight excluding hydrogens is 344 g/mol. The van der Waals surface area contributed by atoms with Crippen LogP contribution in [0.2, 0.25) is 0 Å². The van der Waals surface area contributed by atoms with Crippen molar-refractivity contribution in [1.29, 1.82) is 0 Å². The number of amides is 1. The smallest absolute Gasteiger partial charge is 0.341 e. The number of anilines is 1. The molecular formula is C21H20N2O4. The van der Waals surface area contributed by atoms with E-state index >= 15 is 0 Å². The summed E-state index contributed by atoms with van der Waals surface area (Å²) in [6, 6.07) is 14.1. The van der Waals surface area contributed by atoms with Crippen LogP contribution in [0.4, 0.5) is 5.69 Å². The number of carbonyl (C=O) groups excluding carboxylic acids is 3. The molecule has 138 valence electrons. The first kappa shape index (κ1) is 18.4. The number of ketones is 1. The van der Waals surface area contributed by atoms with Gasteiger partial charge in [-0.2, -0.15) is 0 Å². The molecule has 0 fully saturated rings. The first-order chi connectivity index (χ1) is 12.9. The van der Waals surface area contributed by atoms with Gasteiger partial charge in [-0.15, -0.1) is 0 Å². The third-order valence-electron chi connectivity index (χ3n) is 4.31. The summed E-state index contributed by atoms with van der Waals surface area (Å²) in [4.78, 5) is 39.8. The van der Waals surface area contributed by atoms with Gasteiger partial charge in [0.2, 0.25) is 0 Å². The fourth-order valence-electron chi connectivity index (χ4n) is 2.95. The summed E-state index contributed by atoms with van der Waals surface area (Å²) in [6.45, 7) is 4.70. The second kappa shape index (κ2) is 7.45. The SMILES string of the molecule is CC(=O)c1ccccc1NC(=O)C(C)OC(=O)c1c(C)[nH]c2ccccc12. The average Bonchev–Trinajstić information content (AvgIpc) is 2.97. The number of aromatic nitrogens is 1. The Labute approximate surface area is 156 Å². The molecule has 0 aliphatic heterocycles. The predicted molar refractivity (Wildman–Crippen MR) is 103 cm³/mol. The molecule has 2 aromatic carbocycles. The van der Waals surface area contributed by atoms with Gasteiger partial charge < -0.3 is 15.0 Å². The second-order valence-electron chi connectivity index (χ2n) is 6.31. The Kier molecular flexibility index (Phi) is 5.07. The molecule has 1 atom stereocenters. The molecule has 0 spiro atoms. The van der Waals surface area contributed by atoms with Gasteiger partial charge in [-0.1, -0.05) is 30.3 Å². The highest BCUT2D eigenvalue weighted by Crippen LogP contribution is 2.23. The van der Waals surface area contributed by atoms with Gasteiger partial charge in [0.05, 0.1) is 11.3 Å². The molecule has 0 radical (unpaired) electrons. The zero-order valence-corrected chi connectivity index (χ0v) is 15.3. The molecule has 3 aromatic rings. The van der Waals surface area contributed by atoms with E-state index in [0.29, 0.717) is 22.5 Å². The number of Topliss-reactive ketones (excluding diaryl/α,β-unsaturated/α-hetero) is 1. The van der Waals surface area contributed by atoms with Gasteiger partial charge in [0, 0.05) is 22.2 Å². The zero-order valence-electron chi connectivity index (χ0n) is 15.3. The molecule has 6 heteroatoms. The molecule has 1 amide bonds. The fraction of sp³-hybridized carbons (Fsp3) is 0.190. The van der Waals surface area contributed by atoms with Crippen molar-refractivity contribution in [2.75, 3.05) is 5.32 Å². The molecule has 1 aromatic heterocycles. The standard InChI is InChI=1S/C21H20N2O4/c1-12-19(16-9-5-7-11-18(16)22-12)21(26)27-14(3)20(25)23-17-10-6-4-8-15(17)13(2)24/h4-11,14,22H,1-3H3,(H,23,25). The number of esters is 1. The van der Waals surface area contributed by atoms with E-state index in [9.17, 15) is 14.4 Å². The van der Waals surface area contributed by atoms with Crippen LogP contribution < -0.4 is 5.32 Å². The number of aryl methyl sites for hydroxylation is 1. The van der Waals surface area contributed by atoms with Gasteiger partial charge >= 0.3 is 5.97 Å². The van der Waals surface area contributed by atoms with Crippen molar-refractivity contribution >= 4 is 34.3 Å². The molecule has 0 saturated heterocycles. The highest BCUT2D eigenvalue weighted by atomic mass is 16.5. The lowest BCUT2D eigenvalue weighted by molar-refractivity contribution is -0.123. The molecule has 3 rings (SSSR count). The molecule has 2 N–H and O–H groups in total. The summed E-state index contributed by atoms with van der Waals surface area (Å²) < 4.78 is 5.36. The molecule has 1 heterocycles. The number of ether oxygens (including phenoxy) is 1. The second-order valence-corrected chi connectivity index (χ2v) is 6.31. The summed E-state index contributed by atoms with van der Waals surface area (Å²) in [7, 11) is 0. The van der Waals surface area contributed by atoms with Crippen molar-refractivity contribution in [3.8, 4) is 0 Å². The van der Waals surface area contributed by atoms with E-state index in [0.717, 1.165) is 10.9 Å². The van der Waals surface area contributed by atoms with Crippen molar-refractivity contribution in [1.82, 2.24) is 4.98 Å². The van der Waals surface area contributed by atoms with E-state index in [1.807, 2.05) is 24.3 Å². The number of carbonyl (C=O) groups is 3. The summed E-state index contributed by atoms with van der Waals surface area (Å²) in [5, 5.41) is 3.39. The lowest BCUT2D eigenvalue weighted by Gasteiger charge is -2.15. The maximum Gasteiger partial charge on any atom is 0.341 e. The van der Waals surface area contributed by atoms with Gasteiger partial charge in [-0.05, 0) is 39.0 Å². The molecule has 27 heavy (non-hydrogen) atoms. The monoisotopic (exact) mass is 364 g/mol. The number of hydrogen-bond donors (Lipinski definition) is 2. The van der Waals surface area contributed by atoms with Crippen LogP contribution in [-0.2, 0) is 9.53 Å². The molecule has 0 bridgehead atoms. The van der Waals surface area contributed by atoms with E-state index < -0.39 is 18.0 Å². The summed E-state index contributed by atoms with van der Waals surface area (Å²) in [5.74, 6) is -1.24. The fourth-order valence-corrected chi connectivity index (χ4v) is 2.95. The van der Waals surface area contributed by atoms with Crippen molar-refractivity contribution in [3.05, 3.63) is 65.4 Å². The number of fused-ring (bicyclic) bond motifs is 1. The van der Waals surface area contributed by atoms with E-state index in [-0.39, 0.29) is 5.78 Å². The maximum atomic E-state index is 12.6. The minimum Gasteiger partial charge on any atom is -0.449 e. The van der Waals surface area contributed by atoms with E-state index in [1.54, 1.807) is 31.2 Å². The molecule has 0 aliphatic carbocycles. The minimum absolute atomic E-state index is 0.162. The summed E-state index contributed by atoms with van der Waals surface area (Å²) in [5.41, 5.74) is 2.71. The highest BCUT2D eigenvalue weighted by Gasteiger charge is 2.23. The average molecular weight is 364 g/mol. The van der Waals surface area contributed by atoms with Crippen LogP contribution in [-0.4, -0.2) is 28.7 Å². The van der Waals surface area contributed by atoms with Crippen LogP contribution in [0.25, 0.3) is 10.9 Å². The summed E-state index contributed by atoms with van der Waals surface area (Å²) in [6.07, 6.45) is -1.02. The predicted octanol–water partition coefficient (Wildman–Crippen LogP) is 3.86. The zero-order chi connectivity index (χ0) is 19.6. The van der Waals surface area contributed by atoms with Crippen LogP contribution in [0.1, 0.15) is 40.3 Å². The van der Waals surface area contributed by atoms with Crippen LogP contribution in [0.3, 0.4) is 0 Å². The Hall–Kier alpha value is -3.41. The Morgan fingerprint density at radius 2 is 1.70 bits per heavy atom. The highest BCUT2D eigenvalue weighted by molar-refractivity contribution is 6.08. The number of rotatable bonds is 5. The molecule has 0 aliphatic rings. The Morgan fingerprint density at radius 3 is 2.44 bits per heavy atom. The normalized spacial score (nSPS) is 11.8. The van der Waals surface area contributed by atoms with Gasteiger partial charge in [0.25, 0.3) is 5.91 Å². The number of hydrogen-bond acceptors (Lipinski definition) is 4. The van der Waals surface area contributed by atoms with Gasteiger partial charge in [-0.3, -0.25) is 9.59 Å². The van der Waals surface area contributed by atoms with Crippen molar-refractivity contribution in [3.63, 3.8) is 0 Å². The third-order valence-corrected chi connectivity index (χ3v) is 4.31. The number of nitrogens with one attached hydrogen (secondary N) is 2. The maximum absolute atomic E-state index is 12.6. The van der Waals surface area contributed by atoms with Crippen molar-refractivity contribution < 1.29 is 19.1 Å². The lowest BCUT2D eigenvalue weighted by atomic mass is 10.1. The Morgan fingerprint density at radius 1 is 1.04 bits per heavy atom. The van der Waals surface area contributed by atoms with Crippen molar-refractivity contribution in [2.24, 2.45) is 0 Å².